The van der Waals surface area contributed by atoms with Crippen molar-refractivity contribution in [1.82, 2.24) is 5.43 Å². The van der Waals surface area contributed by atoms with Gasteiger partial charge in [-0.25, -0.2) is 13.8 Å². The maximum atomic E-state index is 13.0. The molecule has 0 aliphatic carbocycles. The average molecular weight is 510 g/mol. The van der Waals surface area contributed by atoms with Gasteiger partial charge in [0.1, 0.15) is 0 Å². The minimum atomic E-state index is -3.67. The molecule has 0 atom stereocenters. The molecule has 0 aromatic heterocycles. The molecule has 3 rings (SSSR count). The average Bonchev–Trinajstić information content (AvgIpc) is 2.87. The molecule has 3 aromatic rings. The van der Waals surface area contributed by atoms with Gasteiger partial charge in [-0.1, -0.05) is 49.4 Å². The lowest BCUT2D eigenvalue weighted by atomic mass is 10.1. The van der Waals surface area contributed by atoms with E-state index >= 15 is 0 Å². The van der Waals surface area contributed by atoms with Gasteiger partial charge in [0, 0.05) is 0 Å². The van der Waals surface area contributed by atoms with Crippen LogP contribution in [0.1, 0.15) is 41.8 Å². The number of hydrazone groups is 1. The van der Waals surface area contributed by atoms with E-state index in [9.17, 15) is 13.2 Å². The number of carbonyl (C=O) groups is 1. The highest BCUT2D eigenvalue weighted by Gasteiger charge is 2.23. The highest BCUT2D eigenvalue weighted by Crippen LogP contribution is 2.28. The number of nitrogens with zero attached hydrogens (tertiary/aromatic N) is 2. The molecule has 0 aliphatic heterocycles. The first-order valence-corrected chi connectivity index (χ1v) is 13.5. The summed E-state index contributed by atoms with van der Waals surface area (Å²) in [6.45, 7) is 5.08. The zero-order valence-corrected chi connectivity index (χ0v) is 21.5. The fourth-order valence-corrected chi connectivity index (χ4v) is 4.34. The summed E-state index contributed by atoms with van der Waals surface area (Å²) in [6.07, 6.45) is 3.49. The van der Waals surface area contributed by atoms with Crippen molar-refractivity contribution < 1.29 is 22.7 Å². The van der Waals surface area contributed by atoms with E-state index in [4.69, 9.17) is 9.47 Å². The van der Waals surface area contributed by atoms with Crippen LogP contribution in [0.25, 0.3) is 0 Å². The minimum Gasteiger partial charge on any atom is -0.490 e. The molecule has 9 heteroatoms. The third-order valence-electron chi connectivity index (χ3n) is 5.10. The van der Waals surface area contributed by atoms with Gasteiger partial charge in [0.2, 0.25) is 10.0 Å². The van der Waals surface area contributed by atoms with Gasteiger partial charge >= 0.3 is 0 Å². The van der Waals surface area contributed by atoms with Gasteiger partial charge in [-0.2, -0.15) is 5.10 Å². The summed E-state index contributed by atoms with van der Waals surface area (Å²) in [5.74, 6) is 0.709. The summed E-state index contributed by atoms with van der Waals surface area (Å²) in [6, 6.07) is 21.1. The van der Waals surface area contributed by atoms with Crippen molar-refractivity contribution in [3.05, 3.63) is 89.5 Å². The topological polar surface area (TPSA) is 97.3 Å². The van der Waals surface area contributed by atoms with Crippen LogP contribution in [-0.4, -0.2) is 40.0 Å². The Labute approximate surface area is 212 Å². The van der Waals surface area contributed by atoms with Crippen molar-refractivity contribution >= 4 is 27.8 Å². The Hall–Kier alpha value is -3.85. The second-order valence-corrected chi connectivity index (χ2v) is 9.87. The summed E-state index contributed by atoms with van der Waals surface area (Å²) >= 11 is 0. The lowest BCUT2D eigenvalue weighted by Gasteiger charge is -2.24. The first-order chi connectivity index (χ1) is 17.3. The normalized spacial score (nSPS) is 11.3. The Balaban J connectivity index is 1.80. The summed E-state index contributed by atoms with van der Waals surface area (Å²) < 4.78 is 37.8. The minimum absolute atomic E-state index is 0.0971. The summed E-state index contributed by atoms with van der Waals surface area (Å²) in [5, 5.41) is 4.07. The standard InChI is InChI=1S/C27H31N3O5S/c1-4-17-35-25-16-15-22(18-26(25)34-5-2)19-28-29-27(31)23-13-9-10-14-24(23)30(36(3,32)33)20-21-11-7-6-8-12-21/h6-16,18-19H,4-5,17,20H2,1-3H3,(H,29,31)/b28-19+. The van der Waals surface area contributed by atoms with Gasteiger partial charge < -0.3 is 9.47 Å². The van der Waals surface area contributed by atoms with Crippen molar-refractivity contribution in [1.29, 1.82) is 0 Å². The number of ether oxygens (including phenoxy) is 2. The molecule has 3 aromatic carbocycles. The third-order valence-corrected chi connectivity index (χ3v) is 6.22. The molecule has 0 unspecified atom stereocenters. The van der Waals surface area contributed by atoms with Gasteiger partial charge in [-0.15, -0.1) is 0 Å². The predicted octanol–water partition coefficient (Wildman–Crippen LogP) is 4.60. The summed E-state index contributed by atoms with van der Waals surface area (Å²) in [7, 11) is -3.67. The maximum Gasteiger partial charge on any atom is 0.273 e. The van der Waals surface area contributed by atoms with Crippen LogP contribution in [0.2, 0.25) is 0 Å². The number of rotatable bonds is 12. The molecule has 1 N–H and O–H groups in total. The lowest BCUT2D eigenvalue weighted by Crippen LogP contribution is -2.32. The number of para-hydroxylation sites is 1. The van der Waals surface area contributed by atoms with Gasteiger partial charge in [0.25, 0.3) is 5.91 Å². The molecule has 8 nitrogen and oxygen atoms in total. The summed E-state index contributed by atoms with van der Waals surface area (Å²) in [5.41, 5.74) is 4.46. The highest BCUT2D eigenvalue weighted by atomic mass is 32.2. The Morgan fingerprint density at radius 3 is 2.39 bits per heavy atom. The van der Waals surface area contributed by atoms with Gasteiger partial charge in [0.05, 0.1) is 43.5 Å². The number of benzene rings is 3. The molecule has 0 radical (unpaired) electrons. The molecule has 0 heterocycles. The van der Waals surface area contributed by atoms with Crippen molar-refractivity contribution in [2.45, 2.75) is 26.8 Å². The Morgan fingerprint density at radius 1 is 0.972 bits per heavy atom. The number of nitrogens with one attached hydrogen (secondary N) is 1. The van der Waals surface area contributed by atoms with Crippen molar-refractivity contribution in [2.75, 3.05) is 23.8 Å². The van der Waals surface area contributed by atoms with Crippen molar-refractivity contribution in [3.8, 4) is 11.5 Å². The molecular weight excluding hydrogens is 478 g/mol. The predicted molar refractivity (Wildman–Crippen MR) is 142 cm³/mol. The van der Waals surface area contributed by atoms with Gasteiger partial charge in [0.15, 0.2) is 11.5 Å². The summed E-state index contributed by atoms with van der Waals surface area (Å²) in [4.78, 5) is 13.0. The van der Waals surface area contributed by atoms with E-state index in [0.29, 0.717) is 30.3 Å². The fraction of sp³-hybridized carbons (Fsp3) is 0.259. The number of anilines is 1. The zero-order chi connectivity index (χ0) is 26.0. The molecule has 190 valence electrons. The van der Waals surface area contributed by atoms with Crippen LogP contribution in [0.15, 0.2) is 77.9 Å². The van der Waals surface area contributed by atoms with Crippen molar-refractivity contribution in [2.24, 2.45) is 5.10 Å². The van der Waals surface area contributed by atoms with Gasteiger partial charge in [-0.3, -0.25) is 9.10 Å². The van der Waals surface area contributed by atoms with Crippen LogP contribution in [0, 0.1) is 0 Å². The molecule has 0 aliphatic rings. The van der Waals surface area contributed by atoms with E-state index in [1.165, 1.54) is 10.5 Å². The fourth-order valence-electron chi connectivity index (χ4n) is 3.44. The Kier molecular flexibility index (Phi) is 9.46. The third kappa shape index (κ3) is 7.32. The number of hydrogen-bond donors (Lipinski definition) is 1. The van der Waals surface area contributed by atoms with E-state index in [0.717, 1.165) is 18.2 Å². The second-order valence-electron chi connectivity index (χ2n) is 7.96. The van der Waals surface area contributed by atoms with Crippen LogP contribution >= 0.6 is 0 Å². The Bertz CT molecular complexity index is 1290. The van der Waals surface area contributed by atoms with Crippen LogP contribution in [-0.2, 0) is 16.6 Å². The largest absolute Gasteiger partial charge is 0.490 e. The van der Waals surface area contributed by atoms with E-state index in [1.54, 1.807) is 36.4 Å². The molecule has 0 spiro atoms. The van der Waals surface area contributed by atoms with Crippen LogP contribution in [0.5, 0.6) is 11.5 Å². The SMILES string of the molecule is CCCOc1ccc(/C=N/NC(=O)c2ccccc2N(Cc2ccccc2)S(C)(=O)=O)cc1OCC. The van der Waals surface area contributed by atoms with E-state index in [1.807, 2.05) is 50.2 Å². The van der Waals surface area contributed by atoms with Gasteiger partial charge in [-0.05, 0) is 54.8 Å². The maximum absolute atomic E-state index is 13.0. The number of hydrogen-bond acceptors (Lipinski definition) is 6. The van der Waals surface area contributed by atoms with Crippen LogP contribution in [0.3, 0.4) is 0 Å². The monoisotopic (exact) mass is 509 g/mol. The first-order valence-electron chi connectivity index (χ1n) is 11.7. The molecule has 36 heavy (non-hydrogen) atoms. The Morgan fingerprint density at radius 2 is 1.69 bits per heavy atom. The zero-order valence-electron chi connectivity index (χ0n) is 20.7. The number of amides is 1. The molecule has 1 amide bonds. The number of sulfonamides is 1. The first kappa shape index (κ1) is 26.7. The molecule has 0 fully saturated rings. The molecule has 0 saturated heterocycles. The lowest BCUT2D eigenvalue weighted by molar-refractivity contribution is 0.0955. The second kappa shape index (κ2) is 12.7. The van der Waals surface area contributed by atoms with Crippen molar-refractivity contribution in [3.63, 3.8) is 0 Å². The smallest absolute Gasteiger partial charge is 0.273 e. The number of carbonyl (C=O) groups excluding carboxylic acids is 1. The van der Waals surface area contributed by atoms with Crippen LogP contribution < -0.4 is 19.2 Å². The van der Waals surface area contributed by atoms with E-state index < -0.39 is 15.9 Å². The van der Waals surface area contributed by atoms with E-state index in [-0.39, 0.29) is 17.8 Å². The molecule has 0 bridgehead atoms. The van der Waals surface area contributed by atoms with E-state index in [2.05, 4.69) is 10.5 Å². The quantitative estimate of drug-likeness (QED) is 0.284. The van der Waals surface area contributed by atoms with Crippen LogP contribution in [0.4, 0.5) is 5.69 Å². The molecular formula is C27H31N3O5S. The molecule has 0 saturated carbocycles. The highest BCUT2D eigenvalue weighted by molar-refractivity contribution is 7.92.